The van der Waals surface area contributed by atoms with Gasteiger partial charge in [0.25, 0.3) is 0 Å². The molecule has 152 valence electrons. The maximum absolute atomic E-state index is 12.7. The lowest BCUT2D eigenvalue weighted by Gasteiger charge is -2.16. The number of rotatable bonds is 8. The Labute approximate surface area is 176 Å². The molecule has 0 atom stereocenters. The molecule has 0 saturated carbocycles. The molecular formula is C22H27N5OS. The summed E-state index contributed by atoms with van der Waals surface area (Å²) < 4.78 is 2.07. The molecule has 0 bridgehead atoms. The lowest BCUT2D eigenvalue weighted by molar-refractivity contribution is -0.113. The van der Waals surface area contributed by atoms with Crippen LogP contribution in [0.15, 0.2) is 47.9 Å². The second-order valence-electron chi connectivity index (χ2n) is 7.22. The summed E-state index contributed by atoms with van der Waals surface area (Å²) >= 11 is 1.41. The number of amides is 1. The van der Waals surface area contributed by atoms with Crippen molar-refractivity contribution in [3.05, 3.63) is 53.9 Å². The van der Waals surface area contributed by atoms with Gasteiger partial charge in [0.05, 0.1) is 5.75 Å². The number of anilines is 1. The molecule has 0 unspecified atom stereocenters. The maximum atomic E-state index is 12.7. The summed E-state index contributed by atoms with van der Waals surface area (Å²) in [5.74, 6) is 1.39. The summed E-state index contributed by atoms with van der Waals surface area (Å²) in [4.78, 5) is 16.7. The van der Waals surface area contributed by atoms with Gasteiger partial charge in [-0.3, -0.25) is 9.78 Å². The van der Waals surface area contributed by atoms with Gasteiger partial charge in [0.2, 0.25) is 5.91 Å². The summed E-state index contributed by atoms with van der Waals surface area (Å²) in [6.45, 7) is 9.20. The average Bonchev–Trinajstić information content (AvgIpc) is 3.11. The number of benzene rings is 1. The third-order valence-corrected chi connectivity index (χ3v) is 5.59. The summed E-state index contributed by atoms with van der Waals surface area (Å²) in [5, 5.41) is 12.5. The number of aryl methyl sites for hydroxylation is 1. The topological polar surface area (TPSA) is 72.7 Å². The summed E-state index contributed by atoms with van der Waals surface area (Å²) in [6.07, 6.45) is 4.45. The third-order valence-electron chi connectivity index (χ3n) is 4.63. The minimum Gasteiger partial charge on any atom is -0.325 e. The fourth-order valence-electron chi connectivity index (χ4n) is 3.18. The Morgan fingerprint density at radius 2 is 1.93 bits per heavy atom. The van der Waals surface area contributed by atoms with Crippen LogP contribution in [0.5, 0.6) is 0 Å². The summed E-state index contributed by atoms with van der Waals surface area (Å²) in [6, 6.07) is 9.96. The highest BCUT2D eigenvalue weighted by Gasteiger charge is 2.16. The first-order chi connectivity index (χ1) is 14.0. The van der Waals surface area contributed by atoms with E-state index in [0.717, 1.165) is 46.3 Å². The Morgan fingerprint density at radius 3 is 2.62 bits per heavy atom. The Bertz CT molecular complexity index is 969. The molecule has 29 heavy (non-hydrogen) atoms. The van der Waals surface area contributed by atoms with Crippen LogP contribution in [0.2, 0.25) is 0 Å². The first kappa shape index (κ1) is 21.0. The van der Waals surface area contributed by atoms with E-state index in [2.05, 4.69) is 51.9 Å². The summed E-state index contributed by atoms with van der Waals surface area (Å²) in [5.41, 5.74) is 4.11. The number of para-hydroxylation sites is 1. The van der Waals surface area contributed by atoms with Crippen LogP contribution in [0, 0.1) is 6.92 Å². The predicted molar refractivity (Wildman–Crippen MR) is 118 cm³/mol. The van der Waals surface area contributed by atoms with Gasteiger partial charge in [-0.1, -0.05) is 50.7 Å². The SMILES string of the molecule is CCCn1c(SCC(=O)Nc2c(C)cccc2C(C)C)nnc1-c1ccncc1. The molecule has 0 spiro atoms. The van der Waals surface area contributed by atoms with E-state index >= 15 is 0 Å². The van der Waals surface area contributed by atoms with Crippen molar-refractivity contribution in [2.45, 2.75) is 51.7 Å². The Hall–Kier alpha value is -2.67. The number of hydrogen-bond donors (Lipinski definition) is 1. The molecule has 2 heterocycles. The molecule has 1 aromatic carbocycles. The van der Waals surface area contributed by atoms with Crippen molar-refractivity contribution in [2.75, 3.05) is 11.1 Å². The highest BCUT2D eigenvalue weighted by Crippen LogP contribution is 2.28. The van der Waals surface area contributed by atoms with Gasteiger partial charge in [0.15, 0.2) is 11.0 Å². The van der Waals surface area contributed by atoms with E-state index in [0.29, 0.717) is 5.92 Å². The Kier molecular flexibility index (Phi) is 7.04. The molecule has 3 rings (SSSR count). The molecule has 0 radical (unpaired) electrons. The Morgan fingerprint density at radius 1 is 1.17 bits per heavy atom. The monoisotopic (exact) mass is 409 g/mol. The number of pyridine rings is 1. The molecule has 7 heteroatoms. The Balaban J connectivity index is 1.74. The van der Waals surface area contributed by atoms with Crippen molar-refractivity contribution < 1.29 is 4.79 Å². The molecule has 6 nitrogen and oxygen atoms in total. The molecule has 0 fully saturated rings. The smallest absolute Gasteiger partial charge is 0.234 e. The fraction of sp³-hybridized carbons (Fsp3) is 0.364. The first-order valence-electron chi connectivity index (χ1n) is 9.87. The van der Waals surface area contributed by atoms with Crippen LogP contribution >= 0.6 is 11.8 Å². The number of nitrogens with zero attached hydrogens (tertiary/aromatic N) is 4. The second kappa shape index (κ2) is 9.69. The minimum atomic E-state index is -0.0392. The molecule has 1 amide bonds. The van der Waals surface area contributed by atoms with Crippen LogP contribution in [-0.2, 0) is 11.3 Å². The van der Waals surface area contributed by atoms with E-state index in [9.17, 15) is 4.79 Å². The van der Waals surface area contributed by atoms with Crippen LogP contribution in [0.4, 0.5) is 5.69 Å². The highest BCUT2D eigenvalue weighted by molar-refractivity contribution is 7.99. The molecular weight excluding hydrogens is 382 g/mol. The standard InChI is InChI=1S/C22H27N5OS/c1-5-13-27-21(17-9-11-23-12-10-17)25-26-22(27)29-14-19(28)24-20-16(4)7-6-8-18(20)15(2)3/h6-12,15H,5,13-14H2,1-4H3,(H,24,28). The van der Waals surface area contributed by atoms with E-state index in [-0.39, 0.29) is 11.7 Å². The van der Waals surface area contributed by atoms with E-state index in [1.165, 1.54) is 11.8 Å². The number of nitrogens with one attached hydrogen (secondary N) is 1. The molecule has 1 N–H and O–H groups in total. The first-order valence-corrected chi connectivity index (χ1v) is 10.9. The molecule has 2 aromatic heterocycles. The zero-order valence-corrected chi connectivity index (χ0v) is 18.2. The number of aromatic nitrogens is 4. The van der Waals surface area contributed by atoms with Crippen molar-refractivity contribution in [1.82, 2.24) is 19.7 Å². The van der Waals surface area contributed by atoms with Crippen LogP contribution in [0.1, 0.15) is 44.2 Å². The molecule has 0 aliphatic carbocycles. The highest BCUT2D eigenvalue weighted by atomic mass is 32.2. The van der Waals surface area contributed by atoms with E-state index in [4.69, 9.17) is 0 Å². The third kappa shape index (κ3) is 5.03. The normalized spacial score (nSPS) is 11.1. The maximum Gasteiger partial charge on any atom is 0.234 e. The van der Waals surface area contributed by atoms with Gasteiger partial charge in [-0.15, -0.1) is 10.2 Å². The van der Waals surface area contributed by atoms with E-state index < -0.39 is 0 Å². The number of thioether (sulfide) groups is 1. The van der Waals surface area contributed by atoms with Crippen molar-refractivity contribution in [1.29, 1.82) is 0 Å². The van der Waals surface area contributed by atoms with Crippen molar-refractivity contribution in [2.24, 2.45) is 0 Å². The van der Waals surface area contributed by atoms with Crippen LogP contribution in [0.3, 0.4) is 0 Å². The molecule has 3 aromatic rings. The zero-order chi connectivity index (χ0) is 20.8. The summed E-state index contributed by atoms with van der Waals surface area (Å²) in [7, 11) is 0. The largest absolute Gasteiger partial charge is 0.325 e. The molecule has 0 saturated heterocycles. The van der Waals surface area contributed by atoms with Gasteiger partial charge >= 0.3 is 0 Å². The van der Waals surface area contributed by atoms with Crippen LogP contribution in [-0.4, -0.2) is 31.4 Å². The van der Waals surface area contributed by atoms with Crippen molar-refractivity contribution in [3.8, 4) is 11.4 Å². The van der Waals surface area contributed by atoms with E-state index in [1.54, 1.807) is 12.4 Å². The predicted octanol–water partition coefficient (Wildman–Crippen LogP) is 4.91. The van der Waals surface area contributed by atoms with Crippen LogP contribution in [0.25, 0.3) is 11.4 Å². The van der Waals surface area contributed by atoms with Gasteiger partial charge in [-0.25, -0.2) is 0 Å². The zero-order valence-electron chi connectivity index (χ0n) is 17.3. The van der Waals surface area contributed by atoms with Gasteiger partial charge in [0.1, 0.15) is 0 Å². The van der Waals surface area contributed by atoms with Crippen molar-refractivity contribution in [3.63, 3.8) is 0 Å². The molecule has 0 aliphatic rings. The fourth-order valence-corrected chi connectivity index (χ4v) is 3.95. The lowest BCUT2D eigenvalue weighted by Crippen LogP contribution is -2.17. The average molecular weight is 410 g/mol. The second-order valence-corrected chi connectivity index (χ2v) is 8.17. The van der Waals surface area contributed by atoms with Gasteiger partial charge in [-0.05, 0) is 42.5 Å². The number of hydrogen-bond acceptors (Lipinski definition) is 5. The van der Waals surface area contributed by atoms with E-state index in [1.807, 2.05) is 31.2 Å². The lowest BCUT2D eigenvalue weighted by atomic mass is 9.98. The van der Waals surface area contributed by atoms with Crippen molar-refractivity contribution >= 4 is 23.4 Å². The molecule has 0 aliphatic heterocycles. The minimum absolute atomic E-state index is 0.0392. The van der Waals surface area contributed by atoms with Crippen LogP contribution < -0.4 is 5.32 Å². The quantitative estimate of drug-likeness (QED) is 0.535. The van der Waals surface area contributed by atoms with Gasteiger partial charge in [0, 0.05) is 30.2 Å². The van der Waals surface area contributed by atoms with Gasteiger partial charge < -0.3 is 9.88 Å². The van der Waals surface area contributed by atoms with Gasteiger partial charge in [-0.2, -0.15) is 0 Å². The number of carbonyl (C=O) groups is 1. The number of carbonyl (C=O) groups excluding carboxylic acids is 1.